The van der Waals surface area contributed by atoms with E-state index in [1.807, 2.05) is 57.5 Å². The minimum atomic E-state index is -1.04. The number of rotatable bonds is 22. The smallest absolute Gasteiger partial charge is 0.264 e. The molecule has 3 aliphatic rings. The molecule has 7 amide bonds. The summed E-state index contributed by atoms with van der Waals surface area (Å²) in [7, 11) is 0. The van der Waals surface area contributed by atoms with E-state index >= 15 is 0 Å². The van der Waals surface area contributed by atoms with Gasteiger partial charge in [-0.1, -0.05) is 51.1 Å². The summed E-state index contributed by atoms with van der Waals surface area (Å²) in [5.41, 5.74) is 4.87. The number of amides is 7. The Bertz CT molecular complexity index is 2210. The van der Waals surface area contributed by atoms with Crippen LogP contribution in [0, 0.1) is 12.3 Å². The lowest BCUT2D eigenvalue weighted by molar-refractivity contribution is -0.144. The third kappa shape index (κ3) is 12.6. The molecule has 0 saturated carbocycles. The van der Waals surface area contributed by atoms with Crippen LogP contribution in [0.2, 0.25) is 0 Å². The van der Waals surface area contributed by atoms with Crippen molar-refractivity contribution in [3.63, 3.8) is 0 Å². The number of aliphatic hydroxyl groups excluding tert-OH is 1. The van der Waals surface area contributed by atoms with E-state index in [1.165, 1.54) is 11.0 Å². The summed E-state index contributed by atoms with van der Waals surface area (Å²) in [6.07, 6.45) is 0.701. The maximum Gasteiger partial charge on any atom is 0.264 e. The highest BCUT2D eigenvalue weighted by atomic mass is 32.1. The molecular weight excluding hydrogens is 859 g/mol. The Kier molecular flexibility index (Phi) is 16.9. The third-order valence-electron chi connectivity index (χ3n) is 11.4. The van der Waals surface area contributed by atoms with Crippen molar-refractivity contribution in [1.29, 1.82) is 0 Å². The lowest BCUT2D eigenvalue weighted by Gasteiger charge is -2.35. The number of likely N-dealkylation sites (tertiary alicyclic amines) is 1. The number of hydrogen-bond donors (Lipinski definition) is 5. The van der Waals surface area contributed by atoms with Crippen molar-refractivity contribution >= 4 is 58.4 Å². The lowest BCUT2D eigenvalue weighted by atomic mass is 9.85. The highest BCUT2D eigenvalue weighted by Gasteiger charge is 2.46. The Hall–Kier alpha value is -5.60. The number of imide groups is 2. The first-order chi connectivity index (χ1) is 31.1. The van der Waals surface area contributed by atoms with Crippen molar-refractivity contribution in [3.05, 3.63) is 70.4 Å². The fourth-order valence-electron chi connectivity index (χ4n) is 7.97. The van der Waals surface area contributed by atoms with E-state index in [1.54, 1.807) is 23.5 Å². The van der Waals surface area contributed by atoms with E-state index in [0.717, 1.165) is 26.6 Å². The molecule has 0 radical (unpaired) electrons. The van der Waals surface area contributed by atoms with Gasteiger partial charge in [0.2, 0.25) is 29.5 Å². The van der Waals surface area contributed by atoms with Crippen LogP contribution in [-0.2, 0) is 44.7 Å². The Morgan fingerprint density at radius 3 is 2.32 bits per heavy atom. The second-order valence-corrected chi connectivity index (χ2v) is 18.2. The number of piperidine rings is 1. The molecule has 0 spiro atoms. The number of thiazole rings is 1. The van der Waals surface area contributed by atoms with Crippen molar-refractivity contribution in [3.8, 4) is 10.4 Å². The summed E-state index contributed by atoms with van der Waals surface area (Å²) in [5, 5.41) is 21.7. The van der Waals surface area contributed by atoms with Crippen LogP contribution in [0.1, 0.15) is 91.3 Å². The van der Waals surface area contributed by atoms with Crippen LogP contribution in [0.25, 0.3) is 10.4 Å². The van der Waals surface area contributed by atoms with Gasteiger partial charge in [0.1, 0.15) is 18.1 Å². The molecule has 4 atom stereocenters. The Morgan fingerprint density at radius 2 is 1.65 bits per heavy atom. The van der Waals surface area contributed by atoms with Gasteiger partial charge in [0.25, 0.3) is 11.8 Å². The predicted octanol–water partition coefficient (Wildman–Crippen LogP) is 2.96. The van der Waals surface area contributed by atoms with Gasteiger partial charge in [-0.3, -0.25) is 43.8 Å². The highest BCUT2D eigenvalue weighted by Crippen LogP contribution is 2.33. The second-order valence-electron chi connectivity index (χ2n) is 17.3. The molecule has 2 aromatic carbocycles. The number of anilines is 1. The molecular formula is C46H59N7O11S. The maximum atomic E-state index is 13.9. The van der Waals surface area contributed by atoms with Gasteiger partial charge in [-0.05, 0) is 54.9 Å². The molecule has 65 heavy (non-hydrogen) atoms. The summed E-state index contributed by atoms with van der Waals surface area (Å²) in [4.78, 5) is 98.3. The Labute approximate surface area is 382 Å². The number of nitrogens with one attached hydrogen (secondary N) is 4. The minimum Gasteiger partial charge on any atom is -0.391 e. The number of unbranched alkanes of at least 4 members (excludes halogenated alkanes) is 1. The molecule has 6 rings (SSSR count). The number of ether oxygens (including phenoxy) is 3. The van der Waals surface area contributed by atoms with E-state index < -0.39 is 59.2 Å². The largest absolute Gasteiger partial charge is 0.391 e. The lowest BCUT2D eigenvalue weighted by Crippen LogP contribution is -2.57. The Balaban J connectivity index is 0.820. The van der Waals surface area contributed by atoms with Crippen LogP contribution < -0.4 is 21.3 Å². The SMILES string of the molecule is Cc1ncsc1-c1ccc(CNC(=O)[C@@H]2C[C@@H](O)CN2C(=O)[C@@H](NC(=O)CCCCOCCOCCOCCNc2cccc3c2C(=O)N(C2CCC(=O)NC2=O)C3=O)C(C)(C)C)cc1. The first-order valence-corrected chi connectivity index (χ1v) is 22.9. The topological polar surface area (TPSA) is 235 Å². The summed E-state index contributed by atoms with van der Waals surface area (Å²) in [6.45, 7) is 10.2. The molecule has 0 bridgehead atoms. The molecule has 1 aromatic heterocycles. The average Bonchev–Trinajstić information content (AvgIpc) is 3.96. The molecule has 5 N–H and O–H groups in total. The fourth-order valence-corrected chi connectivity index (χ4v) is 8.78. The van der Waals surface area contributed by atoms with E-state index in [0.29, 0.717) is 64.7 Å². The van der Waals surface area contributed by atoms with Crippen LogP contribution in [0.5, 0.6) is 0 Å². The predicted molar refractivity (Wildman–Crippen MR) is 240 cm³/mol. The summed E-state index contributed by atoms with van der Waals surface area (Å²) < 4.78 is 16.9. The van der Waals surface area contributed by atoms with Crippen LogP contribution in [-0.4, -0.2) is 138 Å². The van der Waals surface area contributed by atoms with Gasteiger partial charge < -0.3 is 40.2 Å². The van der Waals surface area contributed by atoms with Crippen molar-refractivity contribution in [2.45, 2.75) is 97.0 Å². The van der Waals surface area contributed by atoms with Crippen molar-refractivity contribution in [1.82, 2.24) is 30.7 Å². The number of nitrogens with zero attached hydrogens (tertiary/aromatic N) is 3. The monoisotopic (exact) mass is 917 g/mol. The molecule has 1 unspecified atom stereocenters. The highest BCUT2D eigenvalue weighted by molar-refractivity contribution is 7.13. The van der Waals surface area contributed by atoms with Crippen LogP contribution in [0.3, 0.4) is 0 Å². The molecule has 0 aliphatic carbocycles. The van der Waals surface area contributed by atoms with E-state index in [4.69, 9.17) is 14.2 Å². The quantitative estimate of drug-likeness (QED) is 0.0722. The number of benzene rings is 2. The Morgan fingerprint density at radius 1 is 0.938 bits per heavy atom. The van der Waals surface area contributed by atoms with Crippen molar-refractivity contribution < 1.29 is 52.9 Å². The second kappa shape index (κ2) is 22.5. The number of fused-ring (bicyclic) bond motifs is 1. The molecule has 4 heterocycles. The molecule has 350 valence electrons. The van der Waals surface area contributed by atoms with E-state index in [2.05, 4.69) is 26.3 Å². The van der Waals surface area contributed by atoms with Crippen molar-refractivity contribution in [2.24, 2.45) is 5.41 Å². The zero-order chi connectivity index (χ0) is 46.7. The first-order valence-electron chi connectivity index (χ1n) is 22.0. The average molecular weight is 918 g/mol. The van der Waals surface area contributed by atoms with Gasteiger partial charge in [0.15, 0.2) is 0 Å². The number of carbonyl (C=O) groups is 7. The molecule has 2 saturated heterocycles. The normalized spacial score (nSPS) is 19.0. The summed E-state index contributed by atoms with van der Waals surface area (Å²) >= 11 is 1.57. The van der Waals surface area contributed by atoms with Gasteiger partial charge in [-0.15, -0.1) is 11.3 Å². The van der Waals surface area contributed by atoms with Gasteiger partial charge >= 0.3 is 0 Å². The number of hydrogen-bond acceptors (Lipinski definition) is 14. The van der Waals surface area contributed by atoms with E-state index in [9.17, 15) is 38.7 Å². The standard InChI is InChI=1S/C46H59N7O11S/c1-28-39(65-27-49-28)30-13-11-29(12-14-30)25-48-41(57)35-24-31(54)26-52(35)45(61)40(46(2,3)4)50-36(55)10-5-6-18-62-20-22-64-23-21-63-19-17-47-33-9-7-8-32-38(33)44(60)53(43(32)59)34-15-16-37(56)51-42(34)58/h7-9,11-14,27,31,34-35,40,47,54H,5-6,10,15-26H2,1-4H3,(H,48,57)(H,50,55)(H,51,56,58)/t31-,34?,35+,40-/m1/s1. The number of aliphatic hydroxyl groups is 1. The van der Waals surface area contributed by atoms with Crippen LogP contribution in [0.4, 0.5) is 5.69 Å². The van der Waals surface area contributed by atoms with Crippen LogP contribution >= 0.6 is 11.3 Å². The molecule has 3 aromatic rings. The van der Waals surface area contributed by atoms with Gasteiger partial charge in [-0.25, -0.2) is 4.98 Å². The first kappa shape index (κ1) is 48.8. The minimum absolute atomic E-state index is 0.00381. The third-order valence-corrected chi connectivity index (χ3v) is 12.4. The van der Waals surface area contributed by atoms with Gasteiger partial charge in [0.05, 0.1) is 66.3 Å². The maximum absolute atomic E-state index is 13.9. The number of aryl methyl sites for hydroxylation is 1. The number of aromatic nitrogens is 1. The van der Waals surface area contributed by atoms with Crippen LogP contribution in [0.15, 0.2) is 48.0 Å². The van der Waals surface area contributed by atoms with E-state index in [-0.39, 0.29) is 61.7 Å². The van der Waals surface area contributed by atoms with Gasteiger partial charge in [-0.2, -0.15) is 0 Å². The molecule has 18 nitrogen and oxygen atoms in total. The molecule has 3 aliphatic heterocycles. The zero-order valence-corrected chi connectivity index (χ0v) is 38.1. The summed E-state index contributed by atoms with van der Waals surface area (Å²) in [6, 6.07) is 9.90. The summed E-state index contributed by atoms with van der Waals surface area (Å²) in [5.74, 6) is -3.31. The molecule has 19 heteroatoms. The van der Waals surface area contributed by atoms with Crippen molar-refractivity contribution in [2.75, 3.05) is 58.0 Å². The fraction of sp³-hybridized carbons (Fsp3) is 0.522. The zero-order valence-electron chi connectivity index (χ0n) is 37.3. The van der Waals surface area contributed by atoms with Gasteiger partial charge in [0, 0.05) is 51.2 Å². The number of carbonyl (C=O) groups excluding carboxylic acids is 7. The number of β-amino-alcohol motifs (C(OH)–C–C–N with tert-alkyl or cyclic N) is 1. The molecule has 2 fully saturated rings.